The maximum atomic E-state index is 9.37. The highest BCUT2D eigenvalue weighted by molar-refractivity contribution is 6.43. The van der Waals surface area contributed by atoms with Gasteiger partial charge in [-0.1, -0.05) is 46.4 Å². The van der Waals surface area contributed by atoms with Crippen LogP contribution in [0.5, 0.6) is 5.75 Å². The molecule has 1 aromatic carbocycles. The van der Waals surface area contributed by atoms with Crippen LogP contribution in [-0.2, 0) is 4.74 Å². The molecule has 118 valence electrons. The Morgan fingerprint density at radius 3 is 2.59 bits per heavy atom. The SMILES string of the molecule is ON(O)c1c(C2OCOc3c(Cl)cc(Cl)cc32)[nH]c(Cl)c1Cl. The maximum Gasteiger partial charge on any atom is 0.190 e. The van der Waals surface area contributed by atoms with Gasteiger partial charge in [-0.05, 0) is 12.1 Å². The Hall–Kier alpha value is -0.860. The zero-order chi connectivity index (χ0) is 16.0. The van der Waals surface area contributed by atoms with E-state index in [4.69, 9.17) is 55.9 Å². The molecule has 3 rings (SSSR count). The van der Waals surface area contributed by atoms with E-state index >= 15 is 0 Å². The molecule has 0 saturated carbocycles. The lowest BCUT2D eigenvalue weighted by molar-refractivity contribution is -0.0447. The fraction of sp³-hybridized carbons (Fsp3) is 0.167. The van der Waals surface area contributed by atoms with Gasteiger partial charge in [0.05, 0.1) is 10.7 Å². The first kappa shape index (κ1) is 16.0. The molecule has 2 heterocycles. The number of nitrogens with zero attached hydrogens (tertiary/aromatic N) is 1. The third-order valence-corrected chi connectivity index (χ3v) is 4.37. The Morgan fingerprint density at radius 2 is 1.91 bits per heavy atom. The predicted molar refractivity (Wildman–Crippen MR) is 81.7 cm³/mol. The van der Waals surface area contributed by atoms with Crippen LogP contribution < -0.4 is 9.96 Å². The summed E-state index contributed by atoms with van der Waals surface area (Å²) < 4.78 is 10.9. The molecule has 0 amide bonds. The first-order chi connectivity index (χ1) is 10.4. The van der Waals surface area contributed by atoms with Gasteiger partial charge in [0.2, 0.25) is 0 Å². The Labute approximate surface area is 144 Å². The van der Waals surface area contributed by atoms with E-state index in [-0.39, 0.29) is 33.6 Å². The van der Waals surface area contributed by atoms with Crippen LogP contribution in [0.15, 0.2) is 12.1 Å². The van der Waals surface area contributed by atoms with Crippen molar-refractivity contribution >= 4 is 52.1 Å². The summed E-state index contributed by atoms with van der Waals surface area (Å²) in [6.45, 7) is -0.0937. The summed E-state index contributed by atoms with van der Waals surface area (Å²) in [5.74, 6) is 0.387. The second kappa shape index (κ2) is 5.98. The van der Waals surface area contributed by atoms with E-state index in [9.17, 15) is 10.4 Å². The molecule has 0 bridgehead atoms. The van der Waals surface area contributed by atoms with E-state index in [1.807, 2.05) is 0 Å². The van der Waals surface area contributed by atoms with Crippen LogP contribution in [-0.4, -0.2) is 22.2 Å². The topological polar surface area (TPSA) is 78.0 Å². The quantitative estimate of drug-likeness (QED) is 0.654. The Morgan fingerprint density at radius 1 is 1.18 bits per heavy atom. The van der Waals surface area contributed by atoms with Crippen molar-refractivity contribution in [3.05, 3.63) is 43.6 Å². The van der Waals surface area contributed by atoms with E-state index in [1.54, 1.807) is 6.07 Å². The van der Waals surface area contributed by atoms with Gasteiger partial charge in [0.25, 0.3) is 0 Å². The van der Waals surface area contributed by atoms with Gasteiger partial charge in [0, 0.05) is 10.6 Å². The van der Waals surface area contributed by atoms with Gasteiger partial charge >= 0.3 is 0 Å². The highest BCUT2D eigenvalue weighted by atomic mass is 35.5. The van der Waals surface area contributed by atoms with Crippen LogP contribution >= 0.6 is 46.4 Å². The molecule has 3 N–H and O–H groups in total. The Balaban J connectivity index is 2.19. The van der Waals surface area contributed by atoms with Crippen LogP contribution in [0.3, 0.4) is 0 Å². The molecule has 0 spiro atoms. The van der Waals surface area contributed by atoms with Crippen LogP contribution in [0.1, 0.15) is 17.4 Å². The number of nitrogens with one attached hydrogen (secondary N) is 1. The van der Waals surface area contributed by atoms with Gasteiger partial charge in [-0.15, -0.1) is 5.23 Å². The normalized spacial score (nSPS) is 17.1. The van der Waals surface area contributed by atoms with Crippen molar-refractivity contribution < 1.29 is 19.9 Å². The number of ether oxygens (including phenoxy) is 2. The molecule has 22 heavy (non-hydrogen) atoms. The van der Waals surface area contributed by atoms with Crippen molar-refractivity contribution in [3.8, 4) is 5.75 Å². The monoisotopic (exact) mass is 384 g/mol. The minimum absolute atomic E-state index is 0.0320. The Kier molecular flexibility index (Phi) is 4.35. The molecule has 0 radical (unpaired) electrons. The average molecular weight is 386 g/mol. The zero-order valence-electron chi connectivity index (χ0n) is 10.6. The highest BCUT2D eigenvalue weighted by Gasteiger charge is 2.33. The summed E-state index contributed by atoms with van der Waals surface area (Å²) in [4.78, 5) is 2.75. The Bertz CT molecular complexity index is 734. The number of aromatic nitrogens is 1. The predicted octanol–water partition coefficient (Wildman–Crippen LogP) is 4.67. The number of anilines is 1. The van der Waals surface area contributed by atoms with Gasteiger partial charge in [-0.2, -0.15) is 0 Å². The van der Waals surface area contributed by atoms with E-state index in [2.05, 4.69) is 4.98 Å². The van der Waals surface area contributed by atoms with Crippen molar-refractivity contribution in [3.63, 3.8) is 0 Å². The van der Waals surface area contributed by atoms with Gasteiger partial charge in [-0.3, -0.25) is 10.4 Å². The number of aromatic amines is 1. The number of halogens is 4. The number of benzene rings is 1. The lowest BCUT2D eigenvalue weighted by Crippen LogP contribution is -2.21. The third-order valence-electron chi connectivity index (χ3n) is 3.12. The summed E-state index contributed by atoms with van der Waals surface area (Å²) in [5, 5.41) is 19.3. The van der Waals surface area contributed by atoms with E-state index in [0.29, 0.717) is 21.4 Å². The van der Waals surface area contributed by atoms with Gasteiger partial charge in [0.1, 0.15) is 27.7 Å². The fourth-order valence-corrected chi connectivity index (χ4v) is 3.24. The first-order valence-corrected chi connectivity index (χ1v) is 7.39. The largest absolute Gasteiger partial charge is 0.466 e. The number of H-pyrrole nitrogens is 1. The fourth-order valence-electron chi connectivity index (χ4n) is 2.26. The molecule has 6 nitrogen and oxygen atoms in total. The van der Waals surface area contributed by atoms with Crippen molar-refractivity contribution in [2.75, 3.05) is 12.0 Å². The summed E-state index contributed by atoms with van der Waals surface area (Å²) >= 11 is 24.0. The third kappa shape index (κ3) is 2.61. The van der Waals surface area contributed by atoms with Gasteiger partial charge in [-0.25, -0.2) is 0 Å². The zero-order valence-corrected chi connectivity index (χ0v) is 13.6. The summed E-state index contributed by atoms with van der Waals surface area (Å²) in [7, 11) is 0. The van der Waals surface area contributed by atoms with Gasteiger partial charge in [0.15, 0.2) is 6.79 Å². The highest BCUT2D eigenvalue weighted by Crippen LogP contribution is 2.47. The smallest absolute Gasteiger partial charge is 0.190 e. The number of hydrogen-bond acceptors (Lipinski definition) is 5. The number of hydrogen-bond donors (Lipinski definition) is 3. The molecule has 1 aliphatic heterocycles. The molecule has 1 aliphatic rings. The number of rotatable bonds is 2. The second-order valence-electron chi connectivity index (χ2n) is 4.42. The molecule has 0 fully saturated rings. The standard InChI is InChI=1S/C12H8Cl4N2O4/c13-4-1-5-10(6(14)2-4)21-3-22-11(5)8-9(18(19)20)7(15)12(16)17-8/h1-2,11,17,19-20H,3H2. The molecular formula is C12H8Cl4N2O4. The molecule has 1 atom stereocenters. The van der Waals surface area contributed by atoms with Crippen molar-refractivity contribution in [1.82, 2.24) is 4.98 Å². The van der Waals surface area contributed by atoms with Crippen molar-refractivity contribution in [1.29, 1.82) is 0 Å². The number of fused-ring (bicyclic) bond motifs is 1. The lowest BCUT2D eigenvalue weighted by atomic mass is 10.0. The molecule has 0 aliphatic carbocycles. The van der Waals surface area contributed by atoms with Crippen LogP contribution in [0.2, 0.25) is 20.2 Å². The van der Waals surface area contributed by atoms with E-state index in [0.717, 1.165) is 0 Å². The van der Waals surface area contributed by atoms with Crippen LogP contribution in [0.25, 0.3) is 0 Å². The van der Waals surface area contributed by atoms with Crippen molar-refractivity contribution in [2.45, 2.75) is 6.10 Å². The molecule has 1 unspecified atom stereocenters. The molecule has 10 heteroatoms. The second-order valence-corrected chi connectivity index (χ2v) is 6.02. The first-order valence-electron chi connectivity index (χ1n) is 5.88. The van der Waals surface area contributed by atoms with Gasteiger partial charge < -0.3 is 14.5 Å². The summed E-state index contributed by atoms with van der Waals surface area (Å²) in [6, 6.07) is 3.13. The van der Waals surface area contributed by atoms with E-state index in [1.165, 1.54) is 6.07 Å². The maximum absolute atomic E-state index is 9.37. The van der Waals surface area contributed by atoms with Crippen LogP contribution in [0, 0.1) is 0 Å². The molecule has 0 saturated heterocycles. The summed E-state index contributed by atoms with van der Waals surface area (Å²) in [6.07, 6.45) is -0.776. The van der Waals surface area contributed by atoms with E-state index < -0.39 is 6.10 Å². The minimum Gasteiger partial charge on any atom is -0.466 e. The molecule has 2 aromatic rings. The van der Waals surface area contributed by atoms with Crippen LogP contribution in [0.4, 0.5) is 5.69 Å². The molecular weight excluding hydrogens is 378 g/mol. The molecule has 1 aromatic heterocycles. The minimum atomic E-state index is -0.776. The van der Waals surface area contributed by atoms with Crippen molar-refractivity contribution in [2.24, 2.45) is 0 Å². The lowest BCUT2D eigenvalue weighted by Gasteiger charge is -2.27. The average Bonchev–Trinajstić information content (AvgIpc) is 2.74. The summed E-state index contributed by atoms with van der Waals surface area (Å²) in [5.41, 5.74) is 0.588.